The summed E-state index contributed by atoms with van der Waals surface area (Å²) < 4.78 is 0. The Kier molecular flexibility index (Phi) is 5.32. The zero-order valence-electron chi connectivity index (χ0n) is 16.1. The number of hydrogen-bond donors (Lipinski definition) is 1. The third-order valence-electron chi connectivity index (χ3n) is 5.60. The van der Waals surface area contributed by atoms with Crippen LogP contribution in [0.25, 0.3) is 0 Å². The van der Waals surface area contributed by atoms with Crippen LogP contribution in [-0.4, -0.2) is 65.3 Å². The molecule has 1 saturated heterocycles. The van der Waals surface area contributed by atoms with Crippen molar-refractivity contribution in [2.24, 2.45) is 0 Å². The highest BCUT2D eigenvalue weighted by molar-refractivity contribution is 6.30. The number of carbonyl (C=O) groups is 3. The Morgan fingerprint density at radius 1 is 1.21 bits per heavy atom. The third-order valence-corrected chi connectivity index (χ3v) is 5.85. The number of carbonyl (C=O) groups excluding carboxylic acids is 3. The van der Waals surface area contributed by atoms with E-state index in [2.05, 4.69) is 11.9 Å². The van der Waals surface area contributed by atoms with Gasteiger partial charge in [-0.3, -0.25) is 14.5 Å². The number of rotatable bonds is 5. The second kappa shape index (κ2) is 7.91. The highest BCUT2D eigenvalue weighted by Crippen LogP contribution is 2.36. The van der Waals surface area contributed by atoms with Gasteiger partial charge in [-0.2, -0.15) is 0 Å². The van der Waals surface area contributed by atoms with E-state index in [0.29, 0.717) is 22.8 Å². The highest BCUT2D eigenvalue weighted by atomic mass is 35.5. The smallest absolute Gasteiger partial charge is 0.322 e. The largest absolute Gasteiger partial charge is 0.341 e. The van der Waals surface area contributed by atoms with Gasteiger partial charge in [-0.15, -0.1) is 6.58 Å². The number of nitrogens with zero attached hydrogens (tertiary/aromatic N) is 3. The molecule has 4 amide bonds. The van der Waals surface area contributed by atoms with Crippen LogP contribution in [0.2, 0.25) is 5.02 Å². The number of halogens is 1. The number of amides is 4. The summed E-state index contributed by atoms with van der Waals surface area (Å²) in [4.78, 5) is 43.4. The van der Waals surface area contributed by atoms with E-state index in [-0.39, 0.29) is 30.9 Å². The first-order valence-corrected chi connectivity index (χ1v) is 10.1. The maximum Gasteiger partial charge on any atom is 0.322 e. The molecule has 0 saturated carbocycles. The molecule has 7 nitrogen and oxygen atoms in total. The van der Waals surface area contributed by atoms with E-state index in [9.17, 15) is 14.4 Å². The molecule has 0 bridgehead atoms. The summed E-state index contributed by atoms with van der Waals surface area (Å²) in [5, 5.41) is 3.49. The molecule has 1 N–H and O–H groups in total. The van der Waals surface area contributed by atoms with Gasteiger partial charge in [0.15, 0.2) is 0 Å². The van der Waals surface area contributed by atoms with Crippen LogP contribution in [0.4, 0.5) is 4.79 Å². The molecule has 1 fully saturated rings. The Labute approximate surface area is 174 Å². The van der Waals surface area contributed by atoms with E-state index in [0.717, 1.165) is 31.5 Å². The molecule has 3 aliphatic heterocycles. The van der Waals surface area contributed by atoms with Crippen LogP contribution in [0.15, 0.2) is 48.2 Å². The zero-order valence-corrected chi connectivity index (χ0v) is 16.8. The average molecular weight is 415 g/mol. The monoisotopic (exact) mass is 414 g/mol. The van der Waals surface area contributed by atoms with Crippen molar-refractivity contribution in [2.75, 3.05) is 32.7 Å². The second-order valence-electron chi connectivity index (χ2n) is 7.44. The summed E-state index contributed by atoms with van der Waals surface area (Å²) in [6.45, 7) is 5.74. The number of hydrogen-bond acceptors (Lipinski definition) is 3. The van der Waals surface area contributed by atoms with Crippen molar-refractivity contribution >= 4 is 29.4 Å². The topological polar surface area (TPSA) is 73.0 Å². The molecule has 0 radical (unpaired) electrons. The third kappa shape index (κ3) is 3.62. The van der Waals surface area contributed by atoms with Crippen molar-refractivity contribution in [3.63, 3.8) is 0 Å². The van der Waals surface area contributed by atoms with Gasteiger partial charge in [-0.1, -0.05) is 29.8 Å². The molecule has 8 heteroatoms. The minimum atomic E-state index is -0.574. The summed E-state index contributed by atoms with van der Waals surface area (Å²) >= 11 is 5.99. The predicted molar refractivity (Wildman–Crippen MR) is 109 cm³/mol. The summed E-state index contributed by atoms with van der Waals surface area (Å²) in [6, 6.07) is 6.19. The lowest BCUT2D eigenvalue weighted by Gasteiger charge is -2.33. The van der Waals surface area contributed by atoms with Crippen molar-refractivity contribution in [1.82, 2.24) is 20.0 Å². The normalized spacial score (nSPS) is 21.6. The molecule has 1 aromatic rings. The molecule has 0 spiro atoms. The Morgan fingerprint density at radius 3 is 2.55 bits per heavy atom. The van der Waals surface area contributed by atoms with Crippen LogP contribution in [0.1, 0.15) is 24.4 Å². The fraction of sp³-hybridized carbons (Fsp3) is 0.381. The first-order chi connectivity index (χ1) is 14.0. The van der Waals surface area contributed by atoms with Gasteiger partial charge in [0.1, 0.15) is 6.54 Å². The quantitative estimate of drug-likeness (QED) is 0.751. The fourth-order valence-corrected chi connectivity index (χ4v) is 4.26. The SMILES string of the molecule is C=CCN1C(=O)N[C@H](c2ccc(Cl)cc2)C2=C1CN(CC(=O)N1CCCC1)C2=O. The first kappa shape index (κ1) is 19.5. The van der Waals surface area contributed by atoms with Crippen LogP contribution < -0.4 is 5.32 Å². The first-order valence-electron chi connectivity index (χ1n) is 9.74. The summed E-state index contributed by atoms with van der Waals surface area (Å²) in [5.74, 6) is -0.269. The van der Waals surface area contributed by atoms with Gasteiger partial charge in [-0.25, -0.2) is 4.79 Å². The Morgan fingerprint density at radius 2 is 1.90 bits per heavy atom. The Bertz CT molecular complexity index is 890. The van der Waals surface area contributed by atoms with Crippen LogP contribution >= 0.6 is 11.6 Å². The number of urea groups is 1. The van der Waals surface area contributed by atoms with Crippen molar-refractivity contribution < 1.29 is 14.4 Å². The van der Waals surface area contributed by atoms with Crippen molar-refractivity contribution in [1.29, 1.82) is 0 Å². The average Bonchev–Trinajstić information content (AvgIpc) is 3.34. The standard InChI is InChI=1S/C21H23ClN4O3/c1-2-9-26-16-12-25(13-17(27)24-10-3-4-11-24)20(28)18(16)19(23-21(26)29)14-5-7-15(22)8-6-14/h2,5-8,19H,1,3-4,9-13H2,(H,23,29)/t19-/m1/s1. The van der Waals surface area contributed by atoms with Crippen molar-refractivity contribution in [2.45, 2.75) is 18.9 Å². The van der Waals surface area contributed by atoms with E-state index in [1.54, 1.807) is 35.2 Å². The van der Waals surface area contributed by atoms with E-state index in [1.165, 1.54) is 9.80 Å². The molecule has 3 heterocycles. The molecule has 29 heavy (non-hydrogen) atoms. The van der Waals surface area contributed by atoms with Crippen LogP contribution in [0.3, 0.4) is 0 Å². The number of benzene rings is 1. The Balaban J connectivity index is 1.64. The zero-order chi connectivity index (χ0) is 20.5. The summed E-state index contributed by atoms with van der Waals surface area (Å²) in [5.41, 5.74) is 1.91. The minimum Gasteiger partial charge on any atom is -0.341 e. The maximum absolute atomic E-state index is 13.3. The number of nitrogens with one attached hydrogen (secondary N) is 1. The van der Waals surface area contributed by atoms with Crippen LogP contribution in [-0.2, 0) is 9.59 Å². The van der Waals surface area contributed by atoms with Gasteiger partial charge in [0.2, 0.25) is 5.91 Å². The van der Waals surface area contributed by atoms with E-state index in [4.69, 9.17) is 11.6 Å². The summed E-state index contributed by atoms with van der Waals surface area (Å²) in [6.07, 6.45) is 3.62. The maximum atomic E-state index is 13.3. The molecular weight excluding hydrogens is 392 g/mol. The fourth-order valence-electron chi connectivity index (χ4n) is 4.13. The van der Waals surface area contributed by atoms with Gasteiger partial charge < -0.3 is 15.1 Å². The lowest BCUT2D eigenvalue weighted by molar-refractivity contribution is -0.137. The van der Waals surface area contributed by atoms with Gasteiger partial charge >= 0.3 is 6.03 Å². The molecule has 4 rings (SSSR count). The summed E-state index contributed by atoms with van der Waals surface area (Å²) in [7, 11) is 0. The van der Waals surface area contributed by atoms with Gasteiger partial charge in [0.25, 0.3) is 5.91 Å². The van der Waals surface area contributed by atoms with Crippen molar-refractivity contribution in [3.8, 4) is 0 Å². The number of likely N-dealkylation sites (tertiary alicyclic amines) is 1. The lowest BCUT2D eigenvalue weighted by atomic mass is 9.95. The van der Waals surface area contributed by atoms with Gasteiger partial charge in [-0.05, 0) is 30.5 Å². The highest BCUT2D eigenvalue weighted by Gasteiger charge is 2.44. The molecule has 1 aromatic carbocycles. The molecule has 3 aliphatic rings. The Hall–Kier alpha value is -2.80. The van der Waals surface area contributed by atoms with Crippen molar-refractivity contribution in [3.05, 3.63) is 58.8 Å². The molecule has 1 atom stereocenters. The van der Waals surface area contributed by atoms with E-state index in [1.807, 2.05) is 0 Å². The molecular formula is C21H23ClN4O3. The van der Waals surface area contributed by atoms with E-state index >= 15 is 0 Å². The molecule has 0 aliphatic carbocycles. The van der Waals surface area contributed by atoms with Gasteiger partial charge in [0.05, 0.1) is 23.9 Å². The second-order valence-corrected chi connectivity index (χ2v) is 7.88. The molecule has 0 aromatic heterocycles. The molecule has 152 valence electrons. The van der Waals surface area contributed by atoms with Gasteiger partial charge in [0, 0.05) is 24.7 Å². The molecule has 0 unspecified atom stereocenters. The minimum absolute atomic E-state index is 0.0231. The lowest BCUT2D eigenvalue weighted by Crippen LogP contribution is -2.47. The van der Waals surface area contributed by atoms with E-state index < -0.39 is 6.04 Å². The predicted octanol–water partition coefficient (Wildman–Crippen LogP) is 2.31. The van der Waals surface area contributed by atoms with Crippen LogP contribution in [0, 0.1) is 0 Å². The van der Waals surface area contributed by atoms with Crippen LogP contribution in [0.5, 0.6) is 0 Å².